The Kier molecular flexibility index (Phi) is 5.36. The first-order valence-corrected chi connectivity index (χ1v) is 11.5. The predicted octanol–water partition coefficient (Wildman–Crippen LogP) is 2.14. The van der Waals surface area contributed by atoms with Crippen LogP contribution in [0.2, 0.25) is 0 Å². The number of rotatable bonds is 5. The number of nitriles is 1. The van der Waals surface area contributed by atoms with E-state index in [9.17, 15) is 13.2 Å². The molecule has 0 saturated carbocycles. The molecule has 29 heavy (non-hydrogen) atoms. The molecule has 0 radical (unpaired) electrons. The highest BCUT2D eigenvalue weighted by Gasteiger charge is 2.30. The summed E-state index contributed by atoms with van der Waals surface area (Å²) in [6.45, 7) is 0.835. The first-order chi connectivity index (χ1) is 14.0. The molecule has 1 fully saturated rings. The van der Waals surface area contributed by atoms with Crippen molar-refractivity contribution in [2.75, 3.05) is 13.1 Å². The number of piperidine rings is 1. The molecule has 0 atom stereocenters. The molecular formula is C19H19N5O3S2. The van der Waals surface area contributed by atoms with Crippen LogP contribution in [0.5, 0.6) is 0 Å². The molecule has 8 nitrogen and oxygen atoms in total. The van der Waals surface area contributed by atoms with Gasteiger partial charge in [-0.1, -0.05) is 0 Å². The standard InChI is InChI=1S/C19H19N5O3S2/c20-13-15-3-5-16(6-4-15)29(26,27)23-9-7-14(8-10-23)12-17-21-22-19(25)24(17)18-2-1-11-28-18/h1-6,11,14H,7-10,12H2,(H,22,25). The minimum absolute atomic E-state index is 0.203. The van der Waals surface area contributed by atoms with Crippen LogP contribution in [-0.4, -0.2) is 40.6 Å². The number of hydrogen-bond acceptors (Lipinski definition) is 6. The second-order valence-corrected chi connectivity index (χ2v) is 9.78. The van der Waals surface area contributed by atoms with Crippen LogP contribution in [0.1, 0.15) is 24.2 Å². The number of benzene rings is 1. The molecule has 150 valence electrons. The van der Waals surface area contributed by atoms with Crippen molar-refractivity contribution >= 4 is 21.4 Å². The van der Waals surface area contributed by atoms with E-state index in [0.717, 1.165) is 5.00 Å². The van der Waals surface area contributed by atoms with Gasteiger partial charge in [-0.15, -0.1) is 11.3 Å². The van der Waals surface area contributed by atoms with E-state index in [1.54, 1.807) is 4.57 Å². The SMILES string of the molecule is N#Cc1ccc(S(=O)(=O)N2CCC(Cc3n[nH]c(=O)n3-c3cccs3)CC2)cc1. The normalized spacial score (nSPS) is 16.0. The second kappa shape index (κ2) is 7.94. The van der Waals surface area contributed by atoms with Crippen molar-refractivity contribution in [3.63, 3.8) is 0 Å². The maximum atomic E-state index is 12.8. The number of aromatic amines is 1. The van der Waals surface area contributed by atoms with Crippen LogP contribution in [-0.2, 0) is 16.4 Å². The maximum absolute atomic E-state index is 12.8. The highest BCUT2D eigenvalue weighted by atomic mass is 32.2. The van der Waals surface area contributed by atoms with Gasteiger partial charge in [0.2, 0.25) is 10.0 Å². The van der Waals surface area contributed by atoms with Crippen LogP contribution in [0.3, 0.4) is 0 Å². The number of sulfonamides is 1. The van der Waals surface area contributed by atoms with Crippen molar-refractivity contribution < 1.29 is 8.42 Å². The molecule has 10 heteroatoms. The van der Waals surface area contributed by atoms with Crippen molar-refractivity contribution in [1.82, 2.24) is 19.1 Å². The third kappa shape index (κ3) is 3.89. The van der Waals surface area contributed by atoms with Crippen LogP contribution >= 0.6 is 11.3 Å². The average Bonchev–Trinajstić information content (AvgIpc) is 3.38. The predicted molar refractivity (Wildman–Crippen MR) is 108 cm³/mol. The van der Waals surface area contributed by atoms with Gasteiger partial charge in [0.15, 0.2) is 0 Å². The van der Waals surface area contributed by atoms with E-state index in [2.05, 4.69) is 10.2 Å². The Bertz CT molecular complexity index is 1180. The molecule has 0 aliphatic carbocycles. The van der Waals surface area contributed by atoms with E-state index in [0.29, 0.717) is 43.7 Å². The van der Waals surface area contributed by atoms with Crippen molar-refractivity contribution in [2.45, 2.75) is 24.2 Å². The van der Waals surface area contributed by atoms with E-state index in [-0.39, 0.29) is 16.5 Å². The van der Waals surface area contributed by atoms with Crippen molar-refractivity contribution in [3.8, 4) is 11.1 Å². The third-order valence-electron chi connectivity index (χ3n) is 5.13. The largest absolute Gasteiger partial charge is 0.348 e. The fraction of sp³-hybridized carbons (Fsp3) is 0.316. The van der Waals surface area contributed by atoms with Crippen LogP contribution in [0.4, 0.5) is 0 Å². The number of thiophene rings is 1. The summed E-state index contributed by atoms with van der Waals surface area (Å²) in [7, 11) is -3.57. The summed E-state index contributed by atoms with van der Waals surface area (Å²) in [5, 5.41) is 18.3. The lowest BCUT2D eigenvalue weighted by molar-refractivity contribution is 0.270. The molecule has 1 saturated heterocycles. The molecule has 1 aliphatic heterocycles. The molecule has 3 aromatic rings. The molecule has 2 aromatic heterocycles. The number of nitrogens with one attached hydrogen (secondary N) is 1. The second-order valence-electron chi connectivity index (χ2n) is 6.92. The molecule has 0 spiro atoms. The number of H-pyrrole nitrogens is 1. The Balaban J connectivity index is 1.44. The van der Waals surface area contributed by atoms with Crippen LogP contribution in [0, 0.1) is 17.2 Å². The first kappa shape index (κ1) is 19.6. The Labute approximate surface area is 172 Å². The molecule has 1 aliphatic rings. The first-order valence-electron chi connectivity index (χ1n) is 9.19. The van der Waals surface area contributed by atoms with E-state index >= 15 is 0 Å². The van der Waals surface area contributed by atoms with Gasteiger partial charge in [-0.25, -0.2) is 22.9 Å². The van der Waals surface area contributed by atoms with Crippen LogP contribution in [0.25, 0.3) is 5.00 Å². The van der Waals surface area contributed by atoms with Crippen molar-refractivity contribution in [3.05, 3.63) is 63.7 Å². The lowest BCUT2D eigenvalue weighted by atomic mass is 9.94. The van der Waals surface area contributed by atoms with Crippen LogP contribution < -0.4 is 5.69 Å². The van der Waals surface area contributed by atoms with Gasteiger partial charge in [-0.2, -0.15) is 14.7 Å². The topological polar surface area (TPSA) is 112 Å². The van der Waals surface area contributed by atoms with Gasteiger partial charge in [0, 0.05) is 19.5 Å². The molecule has 0 amide bonds. The molecular weight excluding hydrogens is 410 g/mol. The zero-order valence-electron chi connectivity index (χ0n) is 15.5. The van der Waals surface area contributed by atoms with Gasteiger partial charge >= 0.3 is 5.69 Å². The molecule has 4 rings (SSSR count). The number of nitrogens with zero attached hydrogens (tertiary/aromatic N) is 4. The minimum Gasteiger partial charge on any atom is -0.246 e. The van der Waals surface area contributed by atoms with Gasteiger partial charge < -0.3 is 0 Å². The summed E-state index contributed by atoms with van der Waals surface area (Å²) in [6, 6.07) is 11.7. The average molecular weight is 430 g/mol. The molecule has 0 unspecified atom stereocenters. The quantitative estimate of drug-likeness (QED) is 0.668. The highest BCUT2D eigenvalue weighted by molar-refractivity contribution is 7.89. The molecule has 1 N–H and O–H groups in total. The monoisotopic (exact) mass is 429 g/mol. The van der Waals surface area contributed by atoms with Gasteiger partial charge in [0.25, 0.3) is 0 Å². The summed E-state index contributed by atoms with van der Waals surface area (Å²) in [5.74, 6) is 0.919. The molecule has 0 bridgehead atoms. The fourth-order valence-corrected chi connectivity index (χ4v) is 5.77. The fourth-order valence-electron chi connectivity index (χ4n) is 3.55. The Hall–Kier alpha value is -2.74. The summed E-state index contributed by atoms with van der Waals surface area (Å²) in [6.07, 6.45) is 2.00. The Morgan fingerprint density at radius 2 is 1.93 bits per heavy atom. The highest BCUT2D eigenvalue weighted by Crippen LogP contribution is 2.26. The summed E-state index contributed by atoms with van der Waals surface area (Å²) in [4.78, 5) is 12.3. The van der Waals surface area contributed by atoms with Gasteiger partial charge in [-0.3, -0.25) is 0 Å². The van der Waals surface area contributed by atoms with E-state index in [4.69, 9.17) is 5.26 Å². The third-order valence-corrected chi connectivity index (χ3v) is 7.90. The van der Waals surface area contributed by atoms with Gasteiger partial charge in [-0.05, 0) is 60.5 Å². The summed E-state index contributed by atoms with van der Waals surface area (Å²) >= 11 is 1.47. The summed E-state index contributed by atoms with van der Waals surface area (Å²) < 4.78 is 28.8. The lowest BCUT2D eigenvalue weighted by Crippen LogP contribution is -2.39. The number of aromatic nitrogens is 3. The molecule has 1 aromatic carbocycles. The van der Waals surface area contributed by atoms with Crippen molar-refractivity contribution in [1.29, 1.82) is 5.26 Å². The maximum Gasteiger partial charge on any atom is 0.348 e. The lowest BCUT2D eigenvalue weighted by Gasteiger charge is -2.31. The van der Waals surface area contributed by atoms with E-state index in [1.807, 2.05) is 23.6 Å². The smallest absolute Gasteiger partial charge is 0.246 e. The minimum atomic E-state index is -3.57. The van der Waals surface area contributed by atoms with Crippen molar-refractivity contribution in [2.24, 2.45) is 5.92 Å². The van der Waals surface area contributed by atoms with E-state index in [1.165, 1.54) is 39.9 Å². The summed E-state index contributed by atoms with van der Waals surface area (Å²) in [5.41, 5.74) is 0.168. The number of hydrogen-bond donors (Lipinski definition) is 1. The zero-order valence-corrected chi connectivity index (χ0v) is 17.1. The Morgan fingerprint density at radius 3 is 2.55 bits per heavy atom. The molecule has 3 heterocycles. The van der Waals surface area contributed by atoms with Gasteiger partial charge in [0.1, 0.15) is 10.8 Å². The Morgan fingerprint density at radius 1 is 1.21 bits per heavy atom. The van der Waals surface area contributed by atoms with Gasteiger partial charge in [0.05, 0.1) is 16.5 Å². The van der Waals surface area contributed by atoms with E-state index < -0.39 is 10.0 Å². The van der Waals surface area contributed by atoms with Crippen LogP contribution in [0.15, 0.2) is 51.5 Å². The zero-order chi connectivity index (χ0) is 20.4.